The Balaban J connectivity index is 2.39. The molecule has 0 radical (unpaired) electrons. The minimum Gasteiger partial charge on any atom is -0.304 e. The summed E-state index contributed by atoms with van der Waals surface area (Å²) in [6.07, 6.45) is 0.769. The topological polar surface area (TPSA) is 61.2 Å². The number of hydrogen-bond donors (Lipinski definition) is 0. The van der Waals surface area contributed by atoms with Crippen LogP contribution in [0.3, 0.4) is 0 Å². The van der Waals surface area contributed by atoms with Crippen molar-refractivity contribution in [2.24, 2.45) is 0 Å². The van der Waals surface area contributed by atoms with Gasteiger partial charge in [0.05, 0.1) is 17.3 Å². The zero-order valence-corrected chi connectivity index (χ0v) is 10.8. The van der Waals surface area contributed by atoms with Crippen molar-refractivity contribution >= 4 is 33.3 Å². The molecule has 0 spiro atoms. The van der Waals surface area contributed by atoms with Crippen molar-refractivity contribution < 1.29 is 14.0 Å². The van der Waals surface area contributed by atoms with Crippen LogP contribution in [0, 0.1) is 17.1 Å². The second kappa shape index (κ2) is 4.86. The number of carbonyl (C=O) groups excluding carboxylic acids is 2. The second-order valence-electron chi connectivity index (χ2n) is 3.83. The van der Waals surface area contributed by atoms with Crippen LogP contribution in [0.2, 0.25) is 0 Å². The van der Waals surface area contributed by atoms with Crippen LogP contribution in [0.25, 0.3) is 0 Å². The fraction of sp³-hybridized carbons (Fsp3) is 0.250. The van der Waals surface area contributed by atoms with Gasteiger partial charge < -0.3 is 4.90 Å². The highest BCUT2D eigenvalue weighted by molar-refractivity contribution is 9.10. The number of Topliss-reactive ketones (excluding diaryl/α,β-unsaturated/α-hetero) is 1. The van der Waals surface area contributed by atoms with Crippen molar-refractivity contribution in [1.29, 1.82) is 5.26 Å². The quantitative estimate of drug-likeness (QED) is 0.636. The summed E-state index contributed by atoms with van der Waals surface area (Å²) in [5, 5.41) is 8.47. The average molecular weight is 311 g/mol. The van der Waals surface area contributed by atoms with Crippen LogP contribution >= 0.6 is 15.9 Å². The lowest BCUT2D eigenvalue weighted by Crippen LogP contribution is -2.30. The van der Waals surface area contributed by atoms with E-state index in [1.165, 1.54) is 11.0 Å². The van der Waals surface area contributed by atoms with Crippen LogP contribution in [0.4, 0.5) is 10.1 Å². The molecule has 1 aliphatic heterocycles. The number of anilines is 1. The van der Waals surface area contributed by atoms with E-state index in [2.05, 4.69) is 15.9 Å². The summed E-state index contributed by atoms with van der Waals surface area (Å²) in [5.74, 6) is -1.95. The molecular formula is C12H8BrFN2O2. The molecule has 0 aliphatic carbocycles. The summed E-state index contributed by atoms with van der Waals surface area (Å²) >= 11 is 3.15. The normalized spacial score (nSPS) is 13.7. The minimum absolute atomic E-state index is 0.0730. The van der Waals surface area contributed by atoms with Crippen LogP contribution in [-0.4, -0.2) is 18.2 Å². The Morgan fingerprint density at radius 2 is 2.11 bits per heavy atom. The van der Waals surface area contributed by atoms with Crippen molar-refractivity contribution in [2.75, 3.05) is 11.4 Å². The summed E-state index contributed by atoms with van der Waals surface area (Å²) in [6.45, 7) is 0.273. The number of nitriles is 1. The molecule has 0 fully saturated rings. The number of nitrogens with zero attached hydrogens (tertiary/aromatic N) is 2. The summed E-state index contributed by atoms with van der Waals surface area (Å²) in [5.41, 5.74) is 0.466. The van der Waals surface area contributed by atoms with Gasteiger partial charge in [0, 0.05) is 17.4 Å². The van der Waals surface area contributed by atoms with Crippen LogP contribution in [-0.2, 0) is 4.79 Å². The van der Waals surface area contributed by atoms with Gasteiger partial charge >= 0.3 is 0 Å². The van der Waals surface area contributed by atoms with Gasteiger partial charge in [-0.1, -0.05) is 0 Å². The van der Waals surface area contributed by atoms with Crippen LogP contribution in [0.1, 0.15) is 23.2 Å². The fourth-order valence-electron chi connectivity index (χ4n) is 1.88. The van der Waals surface area contributed by atoms with E-state index in [1.54, 1.807) is 0 Å². The number of unbranched alkanes of at least 4 members (excludes halogenated alkanes) is 1. The number of ketones is 1. The van der Waals surface area contributed by atoms with E-state index < -0.39 is 17.5 Å². The van der Waals surface area contributed by atoms with Gasteiger partial charge in [-0.25, -0.2) is 4.39 Å². The van der Waals surface area contributed by atoms with E-state index in [1.807, 2.05) is 6.07 Å². The summed E-state index contributed by atoms with van der Waals surface area (Å²) in [6, 6.07) is 4.24. The van der Waals surface area contributed by atoms with Crippen LogP contribution in [0.15, 0.2) is 16.6 Å². The lowest BCUT2D eigenvalue weighted by Gasteiger charge is -2.16. The van der Waals surface area contributed by atoms with Gasteiger partial charge in [0.1, 0.15) is 5.82 Å². The molecule has 2 rings (SSSR count). The van der Waals surface area contributed by atoms with Gasteiger partial charge in [0.2, 0.25) is 0 Å². The predicted molar refractivity (Wildman–Crippen MR) is 65.6 cm³/mol. The van der Waals surface area contributed by atoms with E-state index >= 15 is 0 Å². The van der Waals surface area contributed by atoms with E-state index in [-0.39, 0.29) is 12.1 Å². The van der Waals surface area contributed by atoms with E-state index in [0.29, 0.717) is 23.0 Å². The first-order valence-corrected chi connectivity index (χ1v) is 6.07. The van der Waals surface area contributed by atoms with Crippen molar-refractivity contribution in [3.05, 3.63) is 28.0 Å². The highest BCUT2D eigenvalue weighted by atomic mass is 79.9. The molecule has 92 valence electrons. The third-order valence-electron chi connectivity index (χ3n) is 2.65. The molecule has 0 aromatic heterocycles. The van der Waals surface area contributed by atoms with Gasteiger partial charge in [0.15, 0.2) is 0 Å². The van der Waals surface area contributed by atoms with Gasteiger partial charge in [0.25, 0.3) is 11.7 Å². The first-order chi connectivity index (χ1) is 8.56. The second-order valence-corrected chi connectivity index (χ2v) is 4.69. The number of benzene rings is 1. The van der Waals surface area contributed by atoms with E-state index in [9.17, 15) is 14.0 Å². The van der Waals surface area contributed by atoms with Crippen molar-refractivity contribution in [1.82, 2.24) is 0 Å². The Morgan fingerprint density at radius 1 is 1.39 bits per heavy atom. The summed E-state index contributed by atoms with van der Waals surface area (Å²) in [4.78, 5) is 24.8. The Labute approximate surface area is 111 Å². The molecule has 0 bridgehead atoms. The number of amides is 1. The first-order valence-electron chi connectivity index (χ1n) is 5.28. The molecule has 1 aliphatic rings. The van der Waals surface area contributed by atoms with Crippen molar-refractivity contribution in [3.63, 3.8) is 0 Å². The Hall–Kier alpha value is -1.74. The zero-order valence-electron chi connectivity index (χ0n) is 9.24. The van der Waals surface area contributed by atoms with E-state index in [4.69, 9.17) is 5.26 Å². The fourth-order valence-corrected chi connectivity index (χ4v) is 2.53. The Morgan fingerprint density at radius 3 is 2.78 bits per heavy atom. The maximum absolute atomic E-state index is 13.2. The summed E-state index contributed by atoms with van der Waals surface area (Å²) in [7, 11) is 0. The molecule has 0 N–H and O–H groups in total. The number of rotatable bonds is 3. The highest BCUT2D eigenvalue weighted by Gasteiger charge is 2.37. The standard InChI is InChI=1S/C12H8BrFN2O2/c13-9-6-7(14)5-8-10(9)16(4-2-1-3-15)12(18)11(8)17/h5-6H,1-2,4H2. The number of fused-ring (bicyclic) bond motifs is 1. The average Bonchev–Trinajstić information content (AvgIpc) is 2.55. The molecule has 0 saturated carbocycles. The predicted octanol–water partition coefficient (Wildman–Crippen LogP) is 2.42. The molecule has 1 heterocycles. The van der Waals surface area contributed by atoms with Gasteiger partial charge in [-0.3, -0.25) is 9.59 Å². The number of hydrogen-bond acceptors (Lipinski definition) is 3. The molecule has 18 heavy (non-hydrogen) atoms. The van der Waals surface area contributed by atoms with E-state index in [0.717, 1.165) is 6.07 Å². The molecule has 1 aromatic rings. The third-order valence-corrected chi connectivity index (χ3v) is 3.26. The first kappa shape index (κ1) is 12.7. The molecule has 6 heteroatoms. The lowest BCUT2D eigenvalue weighted by atomic mass is 10.1. The lowest BCUT2D eigenvalue weighted by molar-refractivity contribution is -0.114. The van der Waals surface area contributed by atoms with Crippen molar-refractivity contribution in [2.45, 2.75) is 12.8 Å². The monoisotopic (exact) mass is 310 g/mol. The van der Waals surface area contributed by atoms with Crippen LogP contribution < -0.4 is 4.90 Å². The molecule has 0 unspecified atom stereocenters. The molecular weight excluding hydrogens is 303 g/mol. The molecule has 4 nitrogen and oxygen atoms in total. The largest absolute Gasteiger partial charge is 0.304 e. The highest BCUT2D eigenvalue weighted by Crippen LogP contribution is 2.36. The van der Waals surface area contributed by atoms with Crippen LogP contribution in [0.5, 0.6) is 0 Å². The van der Waals surface area contributed by atoms with Gasteiger partial charge in [-0.2, -0.15) is 5.26 Å². The smallest absolute Gasteiger partial charge is 0.299 e. The SMILES string of the molecule is N#CCCCN1C(=O)C(=O)c2cc(F)cc(Br)c21. The Bertz CT molecular complexity index is 580. The maximum Gasteiger partial charge on any atom is 0.299 e. The number of halogens is 2. The van der Waals surface area contributed by atoms with Gasteiger partial charge in [-0.15, -0.1) is 0 Å². The molecule has 0 atom stereocenters. The summed E-state index contributed by atoms with van der Waals surface area (Å²) < 4.78 is 13.6. The molecule has 1 amide bonds. The number of carbonyl (C=O) groups is 2. The minimum atomic E-state index is -0.706. The molecule has 0 saturated heterocycles. The molecule has 1 aromatic carbocycles. The van der Waals surface area contributed by atoms with Crippen molar-refractivity contribution in [3.8, 4) is 6.07 Å². The zero-order chi connectivity index (χ0) is 13.3. The maximum atomic E-state index is 13.2. The third kappa shape index (κ3) is 2.02. The van der Waals surface area contributed by atoms with Gasteiger partial charge in [-0.05, 0) is 34.5 Å². The Kier molecular flexibility index (Phi) is 3.43.